The molecule has 1 aliphatic carbocycles. The van der Waals surface area contributed by atoms with E-state index in [2.05, 4.69) is 43.1 Å². The molecule has 1 saturated carbocycles. The zero-order chi connectivity index (χ0) is 27.8. The Morgan fingerprint density at radius 2 is 1.49 bits per heavy atom. The number of aliphatic carboxylic acids is 1. The number of ether oxygens (including phenoxy) is 3. The fourth-order valence-electron chi connectivity index (χ4n) is 5.46. The van der Waals surface area contributed by atoms with Gasteiger partial charge in [0.15, 0.2) is 0 Å². The number of carboxylic acids is 1. The van der Waals surface area contributed by atoms with Gasteiger partial charge in [-0.25, -0.2) is 0 Å². The molecule has 0 heterocycles. The summed E-state index contributed by atoms with van der Waals surface area (Å²) >= 11 is 0. The number of unbranched alkanes of at least 4 members (excludes halogenated alkanes) is 6. The van der Waals surface area contributed by atoms with Gasteiger partial charge in [-0.05, 0) is 37.4 Å². The second-order valence-electron chi connectivity index (χ2n) is 10.9. The normalized spacial score (nSPS) is 21.0. The summed E-state index contributed by atoms with van der Waals surface area (Å²) in [5.74, 6) is -0.727. The van der Waals surface area contributed by atoms with Crippen LogP contribution in [0.5, 0.6) is 0 Å². The number of hydrogen-bond donors (Lipinski definition) is 1. The van der Waals surface area contributed by atoms with Gasteiger partial charge in [-0.1, -0.05) is 99.7 Å². The van der Waals surface area contributed by atoms with E-state index in [0.29, 0.717) is 26.2 Å². The first-order chi connectivity index (χ1) is 19.0. The number of rotatable bonds is 20. The summed E-state index contributed by atoms with van der Waals surface area (Å²) in [6.07, 6.45) is 10.1. The van der Waals surface area contributed by atoms with Gasteiger partial charge in [-0.3, -0.25) is 9.69 Å². The second kappa shape index (κ2) is 17.4. The van der Waals surface area contributed by atoms with Crippen molar-refractivity contribution in [3.8, 4) is 0 Å². The number of hydrogen-bond acceptors (Lipinski definition) is 5. The third kappa shape index (κ3) is 10.7. The van der Waals surface area contributed by atoms with Crippen LogP contribution in [0.3, 0.4) is 0 Å². The molecule has 0 amide bonds. The Morgan fingerprint density at radius 3 is 2.13 bits per heavy atom. The van der Waals surface area contributed by atoms with E-state index >= 15 is 0 Å². The molecule has 3 atom stereocenters. The quantitative estimate of drug-likeness (QED) is 0.142. The SMILES string of the molecule is CCCCCCCO[C@]1(N(C)CCCCCC(=O)O)C[C@H](OCc2ccccc2)C[C@@H]1OCc1ccccc1. The number of likely N-dealkylation sites (N-methyl/N-ethyl adjacent to an activating group) is 1. The lowest BCUT2D eigenvalue weighted by molar-refractivity contribution is -0.211. The van der Waals surface area contributed by atoms with E-state index in [-0.39, 0.29) is 18.6 Å². The minimum Gasteiger partial charge on any atom is -0.481 e. The largest absolute Gasteiger partial charge is 0.481 e. The topological polar surface area (TPSA) is 68.2 Å². The molecule has 2 aromatic rings. The van der Waals surface area contributed by atoms with E-state index in [1.165, 1.54) is 31.2 Å². The van der Waals surface area contributed by atoms with Crippen molar-refractivity contribution in [3.05, 3.63) is 71.8 Å². The lowest BCUT2D eigenvalue weighted by atomic mass is 10.1. The van der Waals surface area contributed by atoms with Gasteiger partial charge in [0, 0.05) is 32.4 Å². The van der Waals surface area contributed by atoms with Gasteiger partial charge >= 0.3 is 5.97 Å². The van der Waals surface area contributed by atoms with Gasteiger partial charge in [-0.2, -0.15) is 0 Å². The Hall–Kier alpha value is -2.25. The van der Waals surface area contributed by atoms with Crippen LogP contribution in [0.15, 0.2) is 60.7 Å². The van der Waals surface area contributed by atoms with E-state index < -0.39 is 11.7 Å². The summed E-state index contributed by atoms with van der Waals surface area (Å²) in [7, 11) is 2.13. The fraction of sp³-hybridized carbons (Fsp3) is 0.606. The third-order valence-electron chi connectivity index (χ3n) is 7.75. The number of carboxylic acid groups (broad SMARTS) is 1. The molecule has 0 spiro atoms. The van der Waals surface area contributed by atoms with Crippen molar-refractivity contribution < 1.29 is 24.1 Å². The fourth-order valence-corrected chi connectivity index (χ4v) is 5.46. The number of benzene rings is 2. The van der Waals surface area contributed by atoms with Crippen LogP contribution in [0, 0.1) is 0 Å². The molecule has 0 radical (unpaired) electrons. The van der Waals surface area contributed by atoms with Gasteiger partial charge in [-0.15, -0.1) is 0 Å². The van der Waals surface area contributed by atoms with E-state index in [9.17, 15) is 4.79 Å². The van der Waals surface area contributed by atoms with Crippen LogP contribution in [0.25, 0.3) is 0 Å². The smallest absolute Gasteiger partial charge is 0.303 e. The Bertz CT molecular complexity index is 924. The van der Waals surface area contributed by atoms with Crippen molar-refractivity contribution in [1.82, 2.24) is 4.90 Å². The van der Waals surface area contributed by atoms with Crippen LogP contribution in [-0.4, -0.2) is 54.1 Å². The summed E-state index contributed by atoms with van der Waals surface area (Å²) < 4.78 is 19.9. The van der Waals surface area contributed by atoms with Crippen LogP contribution in [0.1, 0.15) is 88.7 Å². The highest BCUT2D eigenvalue weighted by atomic mass is 16.6. The summed E-state index contributed by atoms with van der Waals surface area (Å²) in [4.78, 5) is 13.3. The van der Waals surface area contributed by atoms with Crippen molar-refractivity contribution in [3.63, 3.8) is 0 Å². The van der Waals surface area contributed by atoms with Crippen molar-refractivity contribution >= 4 is 5.97 Å². The van der Waals surface area contributed by atoms with Crippen LogP contribution < -0.4 is 0 Å². The summed E-state index contributed by atoms with van der Waals surface area (Å²) in [5, 5.41) is 9.00. The molecule has 6 heteroatoms. The molecule has 0 saturated heterocycles. The predicted octanol–water partition coefficient (Wildman–Crippen LogP) is 7.21. The molecule has 0 bridgehead atoms. The molecule has 0 aliphatic heterocycles. The molecule has 1 aliphatic rings. The molecule has 39 heavy (non-hydrogen) atoms. The van der Waals surface area contributed by atoms with Crippen LogP contribution >= 0.6 is 0 Å². The van der Waals surface area contributed by atoms with Crippen molar-refractivity contribution in [2.45, 2.75) is 109 Å². The zero-order valence-corrected chi connectivity index (χ0v) is 24.1. The van der Waals surface area contributed by atoms with Gasteiger partial charge in [0.25, 0.3) is 0 Å². The minimum absolute atomic E-state index is 0.0283. The molecule has 216 valence electrons. The van der Waals surface area contributed by atoms with Crippen molar-refractivity contribution in [2.24, 2.45) is 0 Å². The van der Waals surface area contributed by atoms with Crippen molar-refractivity contribution in [2.75, 3.05) is 20.2 Å². The van der Waals surface area contributed by atoms with E-state index in [1.807, 2.05) is 36.4 Å². The standard InChI is InChI=1S/C33H49NO5/c1-3-4-5-6-16-23-39-33(34(2)22-15-9-14-21-32(35)36)25-30(37-26-28-17-10-7-11-18-28)24-31(33)38-27-29-19-12-8-13-20-29/h7-8,10-13,17-20,30-31H,3-6,9,14-16,21-27H2,1-2H3,(H,35,36)/t30-,31+,33-/m1/s1. The molecule has 0 unspecified atom stereocenters. The first-order valence-electron chi connectivity index (χ1n) is 14.9. The van der Waals surface area contributed by atoms with Gasteiger partial charge in [0.05, 0.1) is 19.3 Å². The molecule has 6 nitrogen and oxygen atoms in total. The highest BCUT2D eigenvalue weighted by Crippen LogP contribution is 2.41. The maximum atomic E-state index is 10.9. The monoisotopic (exact) mass is 539 g/mol. The highest BCUT2D eigenvalue weighted by Gasteiger charge is 2.52. The molecular weight excluding hydrogens is 490 g/mol. The number of carbonyl (C=O) groups is 1. The van der Waals surface area contributed by atoms with Crippen LogP contribution in [0.4, 0.5) is 0 Å². The maximum Gasteiger partial charge on any atom is 0.303 e. The van der Waals surface area contributed by atoms with E-state index in [4.69, 9.17) is 19.3 Å². The molecular formula is C33H49NO5. The molecule has 3 rings (SSSR count). The zero-order valence-electron chi connectivity index (χ0n) is 24.1. The number of nitrogens with zero attached hydrogens (tertiary/aromatic N) is 1. The predicted molar refractivity (Wildman–Crippen MR) is 155 cm³/mol. The third-order valence-corrected chi connectivity index (χ3v) is 7.75. The van der Waals surface area contributed by atoms with Gasteiger partial charge < -0.3 is 19.3 Å². The van der Waals surface area contributed by atoms with Crippen LogP contribution in [-0.2, 0) is 32.2 Å². The van der Waals surface area contributed by atoms with Gasteiger partial charge in [0.2, 0.25) is 0 Å². The average Bonchev–Trinajstić information content (AvgIpc) is 3.32. The van der Waals surface area contributed by atoms with E-state index in [1.54, 1.807) is 0 Å². The highest BCUT2D eigenvalue weighted by molar-refractivity contribution is 5.66. The van der Waals surface area contributed by atoms with Crippen molar-refractivity contribution in [1.29, 1.82) is 0 Å². The minimum atomic E-state index is -0.727. The molecule has 0 aromatic heterocycles. The van der Waals surface area contributed by atoms with E-state index in [0.717, 1.165) is 44.2 Å². The first-order valence-corrected chi connectivity index (χ1v) is 14.9. The first kappa shape index (κ1) is 31.3. The Balaban J connectivity index is 1.71. The summed E-state index contributed by atoms with van der Waals surface area (Å²) in [5.41, 5.74) is 1.74. The second-order valence-corrected chi connectivity index (χ2v) is 10.9. The Morgan fingerprint density at radius 1 is 0.872 bits per heavy atom. The average molecular weight is 540 g/mol. The van der Waals surface area contributed by atoms with Gasteiger partial charge in [0.1, 0.15) is 11.8 Å². The Kier molecular flexibility index (Phi) is 14.0. The Labute approximate surface area is 235 Å². The molecule has 1 fully saturated rings. The van der Waals surface area contributed by atoms with Crippen LogP contribution in [0.2, 0.25) is 0 Å². The summed E-state index contributed by atoms with van der Waals surface area (Å²) in [6, 6.07) is 20.6. The maximum absolute atomic E-state index is 10.9. The lowest BCUT2D eigenvalue weighted by Gasteiger charge is -2.43. The molecule has 2 aromatic carbocycles. The molecule has 1 N–H and O–H groups in total. The lowest BCUT2D eigenvalue weighted by Crippen LogP contribution is -2.55. The summed E-state index contributed by atoms with van der Waals surface area (Å²) in [6.45, 7) is 4.86.